The van der Waals surface area contributed by atoms with Crippen LogP contribution in [0, 0.1) is 5.82 Å². The van der Waals surface area contributed by atoms with Gasteiger partial charge >= 0.3 is 0 Å². The van der Waals surface area contributed by atoms with E-state index in [0.717, 1.165) is 18.8 Å². The van der Waals surface area contributed by atoms with Crippen molar-refractivity contribution in [2.24, 2.45) is 0 Å². The van der Waals surface area contributed by atoms with Gasteiger partial charge in [0.25, 0.3) is 0 Å². The van der Waals surface area contributed by atoms with Crippen molar-refractivity contribution in [2.75, 3.05) is 38.2 Å². The van der Waals surface area contributed by atoms with Gasteiger partial charge in [-0.3, -0.25) is 24.6 Å². The number of nitrogens with zero attached hydrogens (tertiary/aromatic N) is 2. The SMILES string of the molecule is COc1ccc(C(=O)c2ccc(N3CCN([C@H]4CC(=O)NC4=O)CC3)cc2)cc1F. The third kappa shape index (κ3) is 3.91. The molecule has 2 aliphatic rings. The summed E-state index contributed by atoms with van der Waals surface area (Å²) >= 11 is 0. The first-order valence-corrected chi connectivity index (χ1v) is 9.77. The number of methoxy groups -OCH3 is 1. The molecule has 2 saturated heterocycles. The van der Waals surface area contributed by atoms with Crippen LogP contribution in [0.4, 0.5) is 10.1 Å². The molecule has 0 unspecified atom stereocenters. The fourth-order valence-corrected chi connectivity index (χ4v) is 3.92. The number of amides is 2. The Morgan fingerprint density at radius 1 is 1.03 bits per heavy atom. The van der Waals surface area contributed by atoms with Crippen molar-refractivity contribution in [1.82, 2.24) is 10.2 Å². The number of hydrogen-bond acceptors (Lipinski definition) is 6. The second kappa shape index (κ2) is 8.23. The predicted molar refractivity (Wildman–Crippen MR) is 108 cm³/mol. The summed E-state index contributed by atoms with van der Waals surface area (Å²) in [5.41, 5.74) is 1.71. The summed E-state index contributed by atoms with van der Waals surface area (Å²) in [4.78, 5) is 40.1. The first-order chi connectivity index (χ1) is 14.5. The van der Waals surface area contributed by atoms with Gasteiger partial charge in [0, 0.05) is 43.0 Å². The minimum atomic E-state index is -0.574. The lowest BCUT2D eigenvalue weighted by Crippen LogP contribution is -2.52. The first-order valence-electron chi connectivity index (χ1n) is 9.77. The number of carbonyl (C=O) groups excluding carboxylic acids is 3. The van der Waals surface area contributed by atoms with Crippen LogP contribution in [0.2, 0.25) is 0 Å². The Labute approximate surface area is 173 Å². The second-order valence-electron chi connectivity index (χ2n) is 7.38. The minimum Gasteiger partial charge on any atom is -0.494 e. The Hall–Kier alpha value is -3.26. The summed E-state index contributed by atoms with van der Waals surface area (Å²) in [7, 11) is 1.38. The van der Waals surface area contributed by atoms with Crippen LogP contribution in [0.1, 0.15) is 22.3 Å². The molecule has 4 rings (SSSR count). The maximum absolute atomic E-state index is 13.9. The summed E-state index contributed by atoms with van der Waals surface area (Å²) in [5.74, 6) is -1.17. The van der Waals surface area contributed by atoms with Crippen molar-refractivity contribution in [3.8, 4) is 5.75 Å². The normalized spacial score (nSPS) is 19.7. The lowest BCUT2D eigenvalue weighted by molar-refractivity contribution is -0.126. The van der Waals surface area contributed by atoms with Gasteiger partial charge in [-0.05, 0) is 42.5 Å². The molecular formula is C22H22FN3O4. The summed E-state index contributed by atoms with van der Waals surface area (Å²) < 4.78 is 18.8. The van der Waals surface area contributed by atoms with E-state index in [2.05, 4.69) is 10.2 Å². The zero-order chi connectivity index (χ0) is 21.3. The number of anilines is 1. The van der Waals surface area contributed by atoms with Crippen LogP contribution in [0.5, 0.6) is 5.75 Å². The molecule has 156 valence electrons. The number of hydrogen-bond donors (Lipinski definition) is 1. The van der Waals surface area contributed by atoms with Crippen LogP contribution in [-0.2, 0) is 9.59 Å². The van der Waals surface area contributed by atoms with Crippen molar-refractivity contribution in [2.45, 2.75) is 12.5 Å². The quantitative estimate of drug-likeness (QED) is 0.595. The van der Waals surface area contributed by atoms with E-state index < -0.39 is 5.82 Å². The molecule has 2 amide bonds. The van der Waals surface area contributed by atoms with Crippen LogP contribution in [0.15, 0.2) is 42.5 Å². The molecular weight excluding hydrogens is 389 g/mol. The summed E-state index contributed by atoms with van der Waals surface area (Å²) in [6, 6.07) is 11.0. The van der Waals surface area contributed by atoms with Crippen LogP contribution >= 0.6 is 0 Å². The van der Waals surface area contributed by atoms with E-state index in [4.69, 9.17) is 4.74 Å². The number of benzene rings is 2. The molecule has 2 aromatic rings. The summed E-state index contributed by atoms with van der Waals surface area (Å²) in [6.45, 7) is 2.79. The van der Waals surface area contributed by atoms with Gasteiger partial charge in [0.05, 0.1) is 19.6 Å². The molecule has 2 heterocycles. The van der Waals surface area contributed by atoms with Gasteiger partial charge in [-0.1, -0.05) is 0 Å². The fraction of sp³-hybridized carbons (Fsp3) is 0.318. The molecule has 1 atom stereocenters. The Balaban J connectivity index is 1.39. The smallest absolute Gasteiger partial charge is 0.244 e. The van der Waals surface area contributed by atoms with E-state index in [0.29, 0.717) is 18.7 Å². The first kappa shape index (κ1) is 20.0. The van der Waals surface area contributed by atoms with Crippen LogP contribution in [0.25, 0.3) is 0 Å². The van der Waals surface area contributed by atoms with E-state index >= 15 is 0 Å². The topological polar surface area (TPSA) is 79.0 Å². The molecule has 0 aliphatic carbocycles. The number of carbonyl (C=O) groups is 3. The van der Waals surface area contributed by atoms with Gasteiger partial charge in [-0.25, -0.2) is 4.39 Å². The van der Waals surface area contributed by atoms with Gasteiger partial charge in [-0.2, -0.15) is 0 Å². The average Bonchev–Trinajstić information content (AvgIpc) is 3.11. The Kier molecular flexibility index (Phi) is 5.50. The number of rotatable bonds is 5. The lowest BCUT2D eigenvalue weighted by Gasteiger charge is -2.38. The number of halogens is 1. The Morgan fingerprint density at radius 2 is 1.70 bits per heavy atom. The van der Waals surface area contributed by atoms with E-state index in [9.17, 15) is 18.8 Å². The molecule has 1 N–H and O–H groups in total. The predicted octanol–water partition coefficient (Wildman–Crippen LogP) is 1.60. The van der Waals surface area contributed by atoms with E-state index in [1.807, 2.05) is 17.0 Å². The molecule has 30 heavy (non-hydrogen) atoms. The van der Waals surface area contributed by atoms with Crippen LogP contribution < -0.4 is 15.0 Å². The van der Waals surface area contributed by atoms with Gasteiger partial charge < -0.3 is 9.64 Å². The van der Waals surface area contributed by atoms with Gasteiger partial charge in [-0.15, -0.1) is 0 Å². The third-order valence-electron chi connectivity index (χ3n) is 5.61. The molecule has 0 spiro atoms. The zero-order valence-electron chi connectivity index (χ0n) is 16.6. The maximum atomic E-state index is 13.9. The van der Waals surface area contributed by atoms with Crippen molar-refractivity contribution < 1.29 is 23.5 Å². The van der Waals surface area contributed by atoms with Crippen molar-refractivity contribution in [3.63, 3.8) is 0 Å². The van der Waals surface area contributed by atoms with Crippen LogP contribution in [0.3, 0.4) is 0 Å². The molecule has 0 bridgehead atoms. The largest absolute Gasteiger partial charge is 0.494 e. The summed E-state index contributed by atoms with van der Waals surface area (Å²) in [5, 5.41) is 2.35. The third-order valence-corrected chi connectivity index (χ3v) is 5.61. The highest BCUT2D eigenvalue weighted by molar-refractivity contribution is 6.09. The molecule has 8 heteroatoms. The number of imide groups is 1. The maximum Gasteiger partial charge on any atom is 0.244 e. The van der Waals surface area contributed by atoms with Crippen molar-refractivity contribution in [3.05, 3.63) is 59.4 Å². The molecule has 2 aliphatic heterocycles. The monoisotopic (exact) mass is 411 g/mol. The van der Waals surface area contributed by atoms with Crippen molar-refractivity contribution >= 4 is 23.3 Å². The number of ketones is 1. The molecule has 0 radical (unpaired) electrons. The fourth-order valence-electron chi connectivity index (χ4n) is 3.92. The van der Waals surface area contributed by atoms with Crippen LogP contribution in [-0.4, -0.2) is 61.8 Å². The van der Waals surface area contributed by atoms with Crippen molar-refractivity contribution in [1.29, 1.82) is 0 Å². The Morgan fingerprint density at radius 3 is 2.27 bits per heavy atom. The number of ether oxygens (including phenoxy) is 1. The molecule has 2 aromatic carbocycles. The highest BCUT2D eigenvalue weighted by atomic mass is 19.1. The van der Waals surface area contributed by atoms with Gasteiger partial charge in [0.1, 0.15) is 0 Å². The Bertz CT molecular complexity index is 984. The highest BCUT2D eigenvalue weighted by Crippen LogP contribution is 2.23. The van der Waals surface area contributed by atoms with Gasteiger partial charge in [0.15, 0.2) is 17.3 Å². The molecule has 7 nitrogen and oxygen atoms in total. The lowest BCUT2D eigenvalue weighted by atomic mass is 10.0. The van der Waals surface area contributed by atoms with E-state index in [1.54, 1.807) is 18.2 Å². The summed E-state index contributed by atoms with van der Waals surface area (Å²) in [6.07, 6.45) is 0.224. The zero-order valence-corrected chi connectivity index (χ0v) is 16.6. The number of piperazine rings is 1. The van der Waals surface area contributed by atoms with Gasteiger partial charge in [0.2, 0.25) is 11.8 Å². The number of nitrogens with one attached hydrogen (secondary N) is 1. The molecule has 2 fully saturated rings. The highest BCUT2D eigenvalue weighted by Gasteiger charge is 2.36. The molecule has 0 saturated carbocycles. The average molecular weight is 411 g/mol. The molecule has 0 aromatic heterocycles. The standard InChI is InChI=1S/C22H22FN3O4/c1-30-19-7-4-15(12-17(19)23)21(28)14-2-5-16(6-3-14)25-8-10-26(11-9-25)18-13-20(27)24-22(18)29/h2-7,12,18H,8-11,13H2,1H3,(H,24,27,29)/t18-/m0/s1. The van der Waals surface area contributed by atoms with E-state index in [1.165, 1.54) is 19.2 Å². The van der Waals surface area contributed by atoms with E-state index in [-0.39, 0.29) is 41.4 Å². The minimum absolute atomic E-state index is 0.0977. The second-order valence-corrected chi connectivity index (χ2v) is 7.38.